The van der Waals surface area contributed by atoms with Crippen LogP contribution < -0.4 is 0 Å². The molecule has 0 aromatic heterocycles. The monoisotopic (exact) mass is 246 g/mol. The molecule has 0 radical (unpaired) electrons. The first kappa shape index (κ1) is 14.5. The van der Waals surface area contributed by atoms with Crippen LogP contribution in [0.4, 0.5) is 0 Å². The van der Waals surface area contributed by atoms with E-state index in [2.05, 4.69) is 13.5 Å². The normalized spacial score (nSPS) is 11.9. The van der Waals surface area contributed by atoms with Crippen molar-refractivity contribution in [1.82, 2.24) is 0 Å². The zero-order valence-corrected chi connectivity index (χ0v) is 11.3. The van der Waals surface area contributed by atoms with Crippen LogP contribution in [0.15, 0.2) is 36.9 Å². The van der Waals surface area contributed by atoms with Crippen molar-refractivity contribution in [3.63, 3.8) is 0 Å². The number of carbonyl (C=O) groups is 1. The largest absolute Gasteiger partial charge is 0.455 e. The molecule has 0 fully saturated rings. The minimum atomic E-state index is -0.267. The van der Waals surface area contributed by atoms with Crippen molar-refractivity contribution < 1.29 is 9.53 Å². The maximum atomic E-state index is 11.9. The first-order valence-electron chi connectivity index (χ1n) is 6.57. The van der Waals surface area contributed by atoms with Gasteiger partial charge < -0.3 is 4.74 Å². The Morgan fingerprint density at radius 1 is 1.33 bits per heavy atom. The second-order valence-corrected chi connectivity index (χ2v) is 4.54. The third-order valence-corrected chi connectivity index (χ3v) is 2.90. The van der Waals surface area contributed by atoms with Crippen LogP contribution in [0, 0.1) is 6.92 Å². The van der Waals surface area contributed by atoms with Crippen molar-refractivity contribution in [3.05, 3.63) is 48.0 Å². The third kappa shape index (κ3) is 4.74. The van der Waals surface area contributed by atoms with Gasteiger partial charge in [0, 0.05) is 0 Å². The molecule has 2 heteroatoms. The number of unbranched alkanes of at least 4 members (excludes halogenated alkanes) is 2. The summed E-state index contributed by atoms with van der Waals surface area (Å²) in [5, 5.41) is 0. The number of hydrogen-bond donors (Lipinski definition) is 0. The fourth-order valence-corrected chi connectivity index (χ4v) is 1.72. The molecule has 0 heterocycles. The van der Waals surface area contributed by atoms with Crippen molar-refractivity contribution in [2.45, 2.75) is 45.6 Å². The predicted octanol–water partition coefficient (Wildman–Crippen LogP) is 4.29. The third-order valence-electron chi connectivity index (χ3n) is 2.90. The number of benzene rings is 1. The van der Waals surface area contributed by atoms with Gasteiger partial charge in [-0.15, -0.1) is 0 Å². The maximum Gasteiger partial charge on any atom is 0.338 e. The van der Waals surface area contributed by atoms with Crippen LogP contribution in [0.25, 0.3) is 0 Å². The highest BCUT2D eigenvalue weighted by atomic mass is 16.5. The molecular weight excluding hydrogens is 224 g/mol. The topological polar surface area (TPSA) is 26.3 Å². The molecule has 0 aliphatic rings. The summed E-state index contributed by atoms with van der Waals surface area (Å²) in [4.78, 5) is 11.9. The van der Waals surface area contributed by atoms with E-state index in [0.717, 1.165) is 31.2 Å². The Morgan fingerprint density at radius 3 is 2.56 bits per heavy atom. The van der Waals surface area contributed by atoms with Crippen molar-refractivity contribution >= 4 is 5.97 Å². The Balaban J connectivity index is 2.51. The van der Waals surface area contributed by atoms with E-state index in [9.17, 15) is 4.79 Å². The van der Waals surface area contributed by atoms with Crippen molar-refractivity contribution in [1.29, 1.82) is 0 Å². The van der Waals surface area contributed by atoms with Crippen LogP contribution in [0.5, 0.6) is 0 Å². The van der Waals surface area contributed by atoms with E-state index >= 15 is 0 Å². The summed E-state index contributed by atoms with van der Waals surface area (Å²) in [7, 11) is 0. The smallest absolute Gasteiger partial charge is 0.338 e. The Bertz CT molecular complexity index is 379. The molecule has 0 saturated carbocycles. The van der Waals surface area contributed by atoms with Crippen LogP contribution in [-0.2, 0) is 4.74 Å². The van der Waals surface area contributed by atoms with E-state index in [1.54, 1.807) is 18.2 Å². The summed E-state index contributed by atoms with van der Waals surface area (Å²) < 4.78 is 5.42. The minimum Gasteiger partial charge on any atom is -0.455 e. The maximum absolute atomic E-state index is 11.9. The summed E-state index contributed by atoms with van der Waals surface area (Å²) in [6.45, 7) is 7.87. The number of hydrogen-bond acceptors (Lipinski definition) is 2. The Kier molecular flexibility index (Phi) is 6.20. The molecule has 1 unspecified atom stereocenters. The van der Waals surface area contributed by atoms with Gasteiger partial charge in [0.25, 0.3) is 0 Å². The van der Waals surface area contributed by atoms with Crippen molar-refractivity contribution in [2.75, 3.05) is 0 Å². The fraction of sp³-hybridized carbons (Fsp3) is 0.438. The SMILES string of the molecule is C=CC(CCCCC)OC(=O)c1ccc(C)cc1. The molecule has 0 spiro atoms. The Hall–Kier alpha value is -1.57. The summed E-state index contributed by atoms with van der Waals surface area (Å²) >= 11 is 0. The van der Waals surface area contributed by atoms with E-state index in [1.165, 1.54) is 0 Å². The first-order valence-corrected chi connectivity index (χ1v) is 6.57. The summed E-state index contributed by atoms with van der Waals surface area (Å²) in [6, 6.07) is 7.42. The highest BCUT2D eigenvalue weighted by Gasteiger charge is 2.12. The van der Waals surface area contributed by atoms with Crippen molar-refractivity contribution in [2.24, 2.45) is 0 Å². The number of rotatable bonds is 7. The van der Waals surface area contributed by atoms with Gasteiger partial charge in [-0.25, -0.2) is 4.79 Å². The molecule has 0 aliphatic heterocycles. The van der Waals surface area contributed by atoms with E-state index in [1.807, 2.05) is 19.1 Å². The van der Waals surface area contributed by atoms with Gasteiger partial charge in [0.2, 0.25) is 0 Å². The lowest BCUT2D eigenvalue weighted by molar-refractivity contribution is 0.0377. The van der Waals surface area contributed by atoms with E-state index in [-0.39, 0.29) is 12.1 Å². The summed E-state index contributed by atoms with van der Waals surface area (Å²) in [6.07, 6.45) is 5.78. The second kappa shape index (κ2) is 7.70. The van der Waals surface area contributed by atoms with E-state index < -0.39 is 0 Å². The molecule has 0 N–H and O–H groups in total. The molecule has 0 bridgehead atoms. The number of aryl methyl sites for hydroxylation is 1. The van der Waals surface area contributed by atoms with Crippen LogP contribution >= 0.6 is 0 Å². The number of carbonyl (C=O) groups excluding carboxylic acids is 1. The molecular formula is C16H22O2. The predicted molar refractivity (Wildman–Crippen MR) is 74.7 cm³/mol. The quantitative estimate of drug-likeness (QED) is 0.407. The highest BCUT2D eigenvalue weighted by molar-refractivity contribution is 5.89. The average molecular weight is 246 g/mol. The van der Waals surface area contributed by atoms with Gasteiger partial charge in [-0.1, -0.05) is 50.1 Å². The number of esters is 1. The average Bonchev–Trinajstić information content (AvgIpc) is 2.38. The lowest BCUT2D eigenvalue weighted by atomic mass is 10.1. The first-order chi connectivity index (χ1) is 8.67. The summed E-state index contributed by atoms with van der Waals surface area (Å²) in [5.41, 5.74) is 1.73. The van der Waals surface area contributed by atoms with Gasteiger partial charge >= 0.3 is 5.97 Å². The molecule has 1 atom stereocenters. The van der Waals surface area contributed by atoms with Crippen molar-refractivity contribution in [3.8, 4) is 0 Å². The van der Waals surface area contributed by atoms with Gasteiger partial charge in [0.05, 0.1) is 5.56 Å². The lowest BCUT2D eigenvalue weighted by Gasteiger charge is -2.13. The van der Waals surface area contributed by atoms with Crippen LogP contribution in [0.2, 0.25) is 0 Å². The molecule has 1 rings (SSSR count). The second-order valence-electron chi connectivity index (χ2n) is 4.54. The number of ether oxygens (including phenoxy) is 1. The minimum absolute atomic E-state index is 0.176. The van der Waals surface area contributed by atoms with E-state index in [4.69, 9.17) is 4.74 Å². The molecule has 0 saturated heterocycles. The van der Waals surface area contributed by atoms with Crippen LogP contribution in [-0.4, -0.2) is 12.1 Å². The van der Waals surface area contributed by atoms with Gasteiger partial charge in [0.15, 0.2) is 0 Å². The van der Waals surface area contributed by atoms with Gasteiger partial charge in [0.1, 0.15) is 6.10 Å². The standard InChI is InChI=1S/C16H22O2/c1-4-6-7-8-15(5-2)18-16(17)14-11-9-13(3)10-12-14/h5,9-12,15H,2,4,6-8H2,1,3H3. The van der Waals surface area contributed by atoms with Gasteiger partial charge in [-0.05, 0) is 31.9 Å². The Labute approximate surface area is 110 Å². The van der Waals surface area contributed by atoms with Gasteiger partial charge in [-0.2, -0.15) is 0 Å². The molecule has 1 aromatic rings. The lowest BCUT2D eigenvalue weighted by Crippen LogP contribution is -2.16. The molecule has 98 valence electrons. The fourth-order valence-electron chi connectivity index (χ4n) is 1.72. The van der Waals surface area contributed by atoms with Crippen LogP contribution in [0.3, 0.4) is 0 Å². The molecule has 18 heavy (non-hydrogen) atoms. The zero-order chi connectivity index (χ0) is 13.4. The zero-order valence-electron chi connectivity index (χ0n) is 11.3. The Morgan fingerprint density at radius 2 is 2.00 bits per heavy atom. The van der Waals surface area contributed by atoms with Gasteiger partial charge in [-0.3, -0.25) is 0 Å². The molecule has 1 aromatic carbocycles. The van der Waals surface area contributed by atoms with Crippen LogP contribution in [0.1, 0.15) is 48.5 Å². The molecule has 2 nitrogen and oxygen atoms in total. The molecule has 0 amide bonds. The molecule has 0 aliphatic carbocycles. The summed E-state index contributed by atoms with van der Waals surface area (Å²) in [5.74, 6) is -0.267. The van der Waals surface area contributed by atoms with E-state index in [0.29, 0.717) is 5.56 Å². The highest BCUT2D eigenvalue weighted by Crippen LogP contribution is 2.11.